The highest BCUT2D eigenvalue weighted by Gasteiger charge is 2.26. The smallest absolute Gasteiger partial charge is 0.273 e. The molecule has 0 unspecified atom stereocenters. The van der Waals surface area contributed by atoms with Crippen LogP contribution in [0.15, 0.2) is 23.3 Å². The molecular formula is C20H28N6O. The van der Waals surface area contributed by atoms with Crippen LogP contribution in [-0.4, -0.2) is 38.7 Å². The van der Waals surface area contributed by atoms with Crippen molar-refractivity contribution in [2.45, 2.75) is 57.5 Å². The van der Waals surface area contributed by atoms with E-state index in [1.807, 2.05) is 30.7 Å². The van der Waals surface area contributed by atoms with E-state index in [0.29, 0.717) is 18.3 Å². The Balaban J connectivity index is 1.82. The molecule has 27 heavy (non-hydrogen) atoms. The molecule has 0 radical (unpaired) electrons. The van der Waals surface area contributed by atoms with E-state index in [1.165, 1.54) is 0 Å². The summed E-state index contributed by atoms with van der Waals surface area (Å²) in [6.45, 7) is 5.55. The number of rotatable bonds is 5. The van der Waals surface area contributed by atoms with Crippen molar-refractivity contribution in [2.24, 2.45) is 5.73 Å². The summed E-state index contributed by atoms with van der Waals surface area (Å²) in [6.07, 6.45) is 7.72. The lowest BCUT2D eigenvalue weighted by atomic mass is 9.90. The molecule has 1 saturated carbocycles. The van der Waals surface area contributed by atoms with Crippen molar-refractivity contribution in [2.75, 3.05) is 13.1 Å². The number of fused-ring (bicyclic) bond motifs is 3. The number of H-pyrrole nitrogens is 1. The monoisotopic (exact) mass is 368 g/mol. The fourth-order valence-electron chi connectivity index (χ4n) is 4.27. The first kappa shape index (κ1) is 18.1. The van der Waals surface area contributed by atoms with Crippen LogP contribution in [0.2, 0.25) is 0 Å². The highest BCUT2D eigenvalue weighted by atomic mass is 16.1. The summed E-state index contributed by atoms with van der Waals surface area (Å²) in [5.41, 5.74) is 8.79. The SMILES string of the molecule is CC(C)c1nc2cnc3[nH]ccc3c2n([C@H]2CC[C@H](NCCN)CC2)c1=O. The average molecular weight is 368 g/mol. The largest absolute Gasteiger partial charge is 0.346 e. The van der Waals surface area contributed by atoms with Crippen LogP contribution >= 0.6 is 0 Å². The van der Waals surface area contributed by atoms with E-state index in [9.17, 15) is 4.79 Å². The summed E-state index contributed by atoms with van der Waals surface area (Å²) in [6, 6.07) is 2.68. The van der Waals surface area contributed by atoms with Gasteiger partial charge in [-0.25, -0.2) is 9.97 Å². The van der Waals surface area contributed by atoms with Crippen LogP contribution in [0.1, 0.15) is 57.2 Å². The molecule has 7 nitrogen and oxygen atoms in total. The lowest BCUT2D eigenvalue weighted by Crippen LogP contribution is -2.39. The summed E-state index contributed by atoms with van der Waals surface area (Å²) < 4.78 is 2.01. The van der Waals surface area contributed by atoms with Gasteiger partial charge in [-0.05, 0) is 31.7 Å². The Morgan fingerprint density at radius 1 is 1.33 bits per heavy atom. The maximum absolute atomic E-state index is 13.4. The summed E-state index contributed by atoms with van der Waals surface area (Å²) in [7, 11) is 0. The molecule has 4 N–H and O–H groups in total. The number of nitrogens with two attached hydrogens (primary N) is 1. The number of nitrogens with zero attached hydrogens (tertiary/aromatic N) is 3. The Morgan fingerprint density at radius 2 is 2.11 bits per heavy atom. The number of nitrogens with one attached hydrogen (secondary N) is 2. The van der Waals surface area contributed by atoms with Crippen molar-refractivity contribution in [3.8, 4) is 0 Å². The van der Waals surface area contributed by atoms with Crippen LogP contribution in [0.5, 0.6) is 0 Å². The van der Waals surface area contributed by atoms with Gasteiger partial charge in [0.15, 0.2) is 0 Å². The predicted octanol–water partition coefficient (Wildman–Crippen LogP) is 2.43. The normalized spacial score (nSPS) is 20.7. The molecule has 1 aliphatic rings. The second-order valence-electron chi connectivity index (χ2n) is 7.81. The number of aromatic amines is 1. The van der Waals surface area contributed by atoms with Gasteiger partial charge in [-0.2, -0.15) is 0 Å². The maximum atomic E-state index is 13.4. The minimum absolute atomic E-state index is 0.0459. The molecule has 4 rings (SSSR count). The highest BCUT2D eigenvalue weighted by molar-refractivity contribution is 6.00. The molecule has 0 bridgehead atoms. The van der Waals surface area contributed by atoms with E-state index >= 15 is 0 Å². The molecule has 0 aromatic carbocycles. The second-order valence-corrected chi connectivity index (χ2v) is 7.81. The molecule has 0 amide bonds. The van der Waals surface area contributed by atoms with E-state index < -0.39 is 0 Å². The molecule has 3 heterocycles. The van der Waals surface area contributed by atoms with Crippen molar-refractivity contribution in [3.63, 3.8) is 0 Å². The third-order valence-corrected chi connectivity index (χ3v) is 5.64. The number of pyridine rings is 1. The molecule has 0 aliphatic heterocycles. The summed E-state index contributed by atoms with van der Waals surface area (Å²) in [5, 5.41) is 4.48. The maximum Gasteiger partial charge on any atom is 0.273 e. The minimum atomic E-state index is 0.0459. The number of hydrogen-bond donors (Lipinski definition) is 3. The Morgan fingerprint density at radius 3 is 2.81 bits per heavy atom. The van der Waals surface area contributed by atoms with Crippen molar-refractivity contribution in [1.29, 1.82) is 0 Å². The zero-order valence-electron chi connectivity index (χ0n) is 16.0. The number of aromatic nitrogens is 4. The minimum Gasteiger partial charge on any atom is -0.346 e. The molecule has 7 heteroatoms. The molecule has 1 aliphatic carbocycles. The fourth-order valence-corrected chi connectivity index (χ4v) is 4.27. The summed E-state index contributed by atoms with van der Waals surface area (Å²) >= 11 is 0. The van der Waals surface area contributed by atoms with Crippen molar-refractivity contribution >= 4 is 22.1 Å². The fraction of sp³-hybridized carbons (Fsp3) is 0.550. The van der Waals surface area contributed by atoms with Crippen molar-refractivity contribution < 1.29 is 0 Å². The van der Waals surface area contributed by atoms with E-state index in [4.69, 9.17) is 5.73 Å². The molecule has 144 valence electrons. The summed E-state index contributed by atoms with van der Waals surface area (Å²) in [4.78, 5) is 25.7. The molecule has 0 atom stereocenters. The topological polar surface area (TPSA) is 102 Å². The van der Waals surface area contributed by atoms with Crippen molar-refractivity contribution in [1.82, 2.24) is 24.8 Å². The van der Waals surface area contributed by atoms with Gasteiger partial charge >= 0.3 is 0 Å². The Kier molecular flexibility index (Phi) is 4.97. The standard InChI is InChI=1S/C20H28N6O/c1-12(2)17-20(27)26(14-5-3-13(4-6-14)22-10-8-21)18-15-7-9-23-19(15)24-11-16(18)25-17/h7,9,11-14,22H,3-6,8,10,21H2,1-2H3,(H,23,24)/t13-,14-. The van der Waals surface area contributed by atoms with Gasteiger partial charge in [-0.1, -0.05) is 13.8 Å². The molecule has 0 saturated heterocycles. The van der Waals surface area contributed by atoms with E-state index in [2.05, 4.69) is 20.3 Å². The Bertz CT molecular complexity index is 997. The van der Waals surface area contributed by atoms with Crippen LogP contribution in [0.3, 0.4) is 0 Å². The highest BCUT2D eigenvalue weighted by Crippen LogP contribution is 2.32. The van der Waals surface area contributed by atoms with Crippen molar-refractivity contribution in [3.05, 3.63) is 34.5 Å². The van der Waals surface area contributed by atoms with Gasteiger partial charge in [0, 0.05) is 42.7 Å². The van der Waals surface area contributed by atoms with Gasteiger partial charge in [-0.15, -0.1) is 0 Å². The van der Waals surface area contributed by atoms with Gasteiger partial charge < -0.3 is 20.6 Å². The van der Waals surface area contributed by atoms with E-state index in [0.717, 1.165) is 54.3 Å². The van der Waals surface area contributed by atoms with Crippen LogP contribution in [0.25, 0.3) is 22.1 Å². The van der Waals surface area contributed by atoms with Gasteiger partial charge in [0.1, 0.15) is 16.9 Å². The third kappa shape index (κ3) is 3.26. The predicted molar refractivity (Wildman–Crippen MR) is 108 cm³/mol. The van der Waals surface area contributed by atoms with E-state index in [-0.39, 0.29) is 17.5 Å². The van der Waals surface area contributed by atoms with Gasteiger partial charge in [0.2, 0.25) is 0 Å². The molecule has 0 spiro atoms. The molecular weight excluding hydrogens is 340 g/mol. The van der Waals surface area contributed by atoms with E-state index in [1.54, 1.807) is 6.20 Å². The molecule has 3 aromatic heterocycles. The first-order chi connectivity index (χ1) is 13.1. The number of hydrogen-bond acceptors (Lipinski definition) is 5. The van der Waals surface area contributed by atoms with Crippen LogP contribution in [0, 0.1) is 0 Å². The lowest BCUT2D eigenvalue weighted by molar-refractivity contribution is 0.292. The van der Waals surface area contributed by atoms with Gasteiger partial charge in [0.05, 0.1) is 11.7 Å². The molecule has 3 aromatic rings. The zero-order valence-corrected chi connectivity index (χ0v) is 16.0. The van der Waals surface area contributed by atoms with Gasteiger partial charge in [-0.3, -0.25) is 4.79 Å². The van der Waals surface area contributed by atoms with Crippen LogP contribution < -0.4 is 16.6 Å². The second kappa shape index (κ2) is 7.40. The third-order valence-electron chi connectivity index (χ3n) is 5.64. The Hall–Kier alpha value is -2.25. The quantitative estimate of drug-likeness (QED) is 0.642. The first-order valence-corrected chi connectivity index (χ1v) is 9.91. The Labute approximate surface area is 158 Å². The average Bonchev–Trinajstić information content (AvgIpc) is 3.15. The first-order valence-electron chi connectivity index (χ1n) is 9.91. The zero-order chi connectivity index (χ0) is 19.0. The van der Waals surface area contributed by atoms with Crippen LogP contribution in [-0.2, 0) is 0 Å². The molecule has 1 fully saturated rings. The van der Waals surface area contributed by atoms with Crippen LogP contribution in [0.4, 0.5) is 0 Å². The summed E-state index contributed by atoms with van der Waals surface area (Å²) in [5.74, 6) is 0.0811. The van der Waals surface area contributed by atoms with Gasteiger partial charge in [0.25, 0.3) is 5.56 Å². The lowest BCUT2D eigenvalue weighted by Gasteiger charge is -2.31.